The number of hydrogen-bond acceptors (Lipinski definition) is 2. The Bertz CT molecular complexity index is 310. The molecule has 0 aliphatic carbocycles. The molecule has 0 fully saturated rings. The Morgan fingerprint density at radius 1 is 1.18 bits per heavy atom. The predicted molar refractivity (Wildman–Crippen MR) is 59.4 cm³/mol. The molecule has 0 saturated carbocycles. The molecule has 17 heavy (non-hydrogen) atoms. The summed E-state index contributed by atoms with van der Waals surface area (Å²) in [6.45, 7) is 5.41. The van der Waals surface area contributed by atoms with E-state index >= 15 is 0 Å². The molecule has 0 amide bonds. The summed E-state index contributed by atoms with van der Waals surface area (Å²) in [5, 5.41) is 0. The maximum Gasteiger partial charge on any atom is 0.490 e. The molecule has 98 valence electrons. The third-order valence-corrected chi connectivity index (χ3v) is 1.97. The molecule has 2 nitrogen and oxygen atoms in total. The number of halogens is 3. The zero-order valence-electron chi connectivity index (χ0n) is 10.2. The third-order valence-electron chi connectivity index (χ3n) is 1.97. The zero-order chi connectivity index (χ0) is 13.5. The van der Waals surface area contributed by atoms with Gasteiger partial charge >= 0.3 is 12.1 Å². The number of carbonyl (C=O) groups is 1. The molecule has 0 saturated heterocycles. The molecular formula is C12H17F3O2. The van der Waals surface area contributed by atoms with Crippen LogP contribution in [-0.2, 0) is 9.53 Å². The first-order valence-corrected chi connectivity index (χ1v) is 5.26. The summed E-state index contributed by atoms with van der Waals surface area (Å²) in [7, 11) is 0. The lowest BCUT2D eigenvalue weighted by atomic mass is 10.1. The van der Waals surface area contributed by atoms with Gasteiger partial charge in [0.25, 0.3) is 0 Å². The number of rotatable bonds is 5. The fourth-order valence-corrected chi connectivity index (χ4v) is 1.03. The molecule has 0 aromatic heterocycles. The quantitative estimate of drug-likeness (QED) is 0.548. The number of carbonyl (C=O) groups excluding carboxylic acids is 1. The van der Waals surface area contributed by atoms with Gasteiger partial charge in [0.05, 0.1) is 0 Å². The Balaban J connectivity index is 3.93. The minimum atomic E-state index is -4.91. The molecular weight excluding hydrogens is 233 g/mol. The minimum Gasteiger partial charge on any atom is -0.455 e. The summed E-state index contributed by atoms with van der Waals surface area (Å²) in [5.74, 6) is -2.15. The van der Waals surface area contributed by atoms with Gasteiger partial charge in [0, 0.05) is 0 Å². The zero-order valence-corrected chi connectivity index (χ0v) is 10.2. The Morgan fingerprint density at radius 3 is 2.24 bits per heavy atom. The average Bonchev–Trinajstić information content (AvgIpc) is 2.15. The predicted octanol–water partition coefficient (Wildman–Crippen LogP) is 3.78. The fraction of sp³-hybridized carbons (Fsp3) is 0.583. The Labute approximate surface area is 99.1 Å². The molecule has 0 aromatic carbocycles. The minimum absolute atomic E-state index is 0.334. The highest BCUT2D eigenvalue weighted by Crippen LogP contribution is 2.16. The molecule has 0 bridgehead atoms. The lowest BCUT2D eigenvalue weighted by Gasteiger charge is -2.05. The van der Waals surface area contributed by atoms with Crippen molar-refractivity contribution >= 4 is 5.97 Å². The van der Waals surface area contributed by atoms with E-state index in [0.29, 0.717) is 0 Å². The molecule has 0 N–H and O–H groups in total. The molecule has 5 heteroatoms. The van der Waals surface area contributed by atoms with Crippen LogP contribution in [0.25, 0.3) is 0 Å². The van der Waals surface area contributed by atoms with E-state index in [1.807, 2.05) is 19.9 Å². The number of allylic oxidation sites excluding steroid dienone is 3. The van der Waals surface area contributed by atoms with Gasteiger partial charge in [0.15, 0.2) is 0 Å². The summed E-state index contributed by atoms with van der Waals surface area (Å²) in [6.07, 6.45) is 0.192. The standard InChI is InChI=1S/C12H17F3O2/c1-9(2)5-4-6-10(3)7-8-17-11(16)12(13,14)15/h5,7H,4,6,8H2,1-3H3. The molecule has 0 heterocycles. The van der Waals surface area contributed by atoms with E-state index in [1.165, 1.54) is 11.6 Å². The van der Waals surface area contributed by atoms with Crippen LogP contribution in [0.3, 0.4) is 0 Å². The molecule has 0 aliphatic rings. The first-order valence-electron chi connectivity index (χ1n) is 5.26. The maximum absolute atomic E-state index is 11.8. The van der Waals surface area contributed by atoms with Crippen LogP contribution < -0.4 is 0 Å². The molecule has 0 rings (SSSR count). The van der Waals surface area contributed by atoms with Gasteiger partial charge in [0.1, 0.15) is 6.61 Å². The Hall–Kier alpha value is -1.26. The highest BCUT2D eigenvalue weighted by atomic mass is 19.4. The summed E-state index contributed by atoms with van der Waals surface area (Å²) in [4.78, 5) is 10.4. The van der Waals surface area contributed by atoms with Crippen LogP contribution in [0.5, 0.6) is 0 Å². The number of hydrogen-bond donors (Lipinski definition) is 0. The van der Waals surface area contributed by atoms with Gasteiger partial charge in [-0.05, 0) is 39.7 Å². The van der Waals surface area contributed by atoms with Crippen molar-refractivity contribution in [1.82, 2.24) is 0 Å². The van der Waals surface area contributed by atoms with Crippen molar-refractivity contribution in [3.05, 3.63) is 23.3 Å². The van der Waals surface area contributed by atoms with Gasteiger partial charge in [-0.25, -0.2) is 4.79 Å². The van der Waals surface area contributed by atoms with Crippen molar-refractivity contribution in [2.24, 2.45) is 0 Å². The van der Waals surface area contributed by atoms with Crippen LogP contribution in [0, 0.1) is 0 Å². The van der Waals surface area contributed by atoms with Gasteiger partial charge in [-0.2, -0.15) is 13.2 Å². The number of ether oxygens (including phenoxy) is 1. The first kappa shape index (κ1) is 15.7. The number of alkyl halides is 3. The van der Waals surface area contributed by atoms with Crippen LogP contribution in [-0.4, -0.2) is 18.8 Å². The highest BCUT2D eigenvalue weighted by Gasteiger charge is 2.40. The summed E-state index contributed by atoms with van der Waals surface area (Å²) in [5.41, 5.74) is 2.10. The summed E-state index contributed by atoms with van der Waals surface area (Å²) in [6, 6.07) is 0. The van der Waals surface area contributed by atoms with E-state index in [0.717, 1.165) is 18.4 Å². The molecule has 0 spiro atoms. The summed E-state index contributed by atoms with van der Waals surface area (Å²) >= 11 is 0. The monoisotopic (exact) mass is 250 g/mol. The second kappa shape index (κ2) is 7.14. The average molecular weight is 250 g/mol. The van der Waals surface area contributed by atoms with Crippen LogP contribution in [0.4, 0.5) is 13.2 Å². The molecule has 0 unspecified atom stereocenters. The molecule has 0 radical (unpaired) electrons. The number of esters is 1. The normalized spacial score (nSPS) is 12.2. The van der Waals surface area contributed by atoms with Crippen LogP contribution in [0.15, 0.2) is 23.3 Å². The fourth-order valence-electron chi connectivity index (χ4n) is 1.03. The van der Waals surface area contributed by atoms with Crippen molar-refractivity contribution in [3.8, 4) is 0 Å². The van der Waals surface area contributed by atoms with E-state index in [1.54, 1.807) is 6.92 Å². The van der Waals surface area contributed by atoms with Crippen molar-refractivity contribution in [1.29, 1.82) is 0 Å². The lowest BCUT2D eigenvalue weighted by molar-refractivity contribution is -0.198. The summed E-state index contributed by atoms with van der Waals surface area (Å²) < 4.78 is 39.3. The largest absolute Gasteiger partial charge is 0.490 e. The van der Waals surface area contributed by atoms with Crippen LogP contribution in [0.2, 0.25) is 0 Å². The SMILES string of the molecule is CC(C)=CCCC(C)=CCOC(=O)C(F)(F)F. The molecule has 0 aliphatic heterocycles. The Kier molecular flexibility index (Phi) is 6.61. The third kappa shape index (κ3) is 8.54. The van der Waals surface area contributed by atoms with Crippen molar-refractivity contribution in [2.45, 2.75) is 39.8 Å². The smallest absolute Gasteiger partial charge is 0.455 e. The van der Waals surface area contributed by atoms with E-state index < -0.39 is 12.1 Å². The highest BCUT2D eigenvalue weighted by molar-refractivity contribution is 5.75. The second-order valence-corrected chi connectivity index (χ2v) is 3.97. The topological polar surface area (TPSA) is 26.3 Å². The van der Waals surface area contributed by atoms with Crippen molar-refractivity contribution < 1.29 is 22.7 Å². The van der Waals surface area contributed by atoms with Crippen molar-refractivity contribution in [2.75, 3.05) is 6.61 Å². The van der Waals surface area contributed by atoms with Gasteiger partial charge in [-0.3, -0.25) is 0 Å². The first-order chi connectivity index (χ1) is 7.73. The van der Waals surface area contributed by atoms with Crippen molar-refractivity contribution in [3.63, 3.8) is 0 Å². The van der Waals surface area contributed by atoms with E-state index in [9.17, 15) is 18.0 Å². The van der Waals surface area contributed by atoms with E-state index in [-0.39, 0.29) is 6.61 Å². The van der Waals surface area contributed by atoms with E-state index in [2.05, 4.69) is 4.74 Å². The van der Waals surface area contributed by atoms with Crippen LogP contribution in [0.1, 0.15) is 33.6 Å². The van der Waals surface area contributed by atoms with Crippen LogP contribution >= 0.6 is 0 Å². The van der Waals surface area contributed by atoms with Gasteiger partial charge in [-0.15, -0.1) is 0 Å². The van der Waals surface area contributed by atoms with Gasteiger partial charge < -0.3 is 4.74 Å². The Morgan fingerprint density at radius 2 is 1.76 bits per heavy atom. The second-order valence-electron chi connectivity index (χ2n) is 3.97. The van der Waals surface area contributed by atoms with Gasteiger partial charge in [-0.1, -0.05) is 17.2 Å². The lowest BCUT2D eigenvalue weighted by Crippen LogP contribution is -2.25. The molecule has 0 atom stereocenters. The van der Waals surface area contributed by atoms with Gasteiger partial charge in [0.2, 0.25) is 0 Å². The molecule has 0 aromatic rings. The maximum atomic E-state index is 11.8. The van der Waals surface area contributed by atoms with E-state index in [4.69, 9.17) is 0 Å².